The minimum absolute atomic E-state index is 0.236. The maximum atomic E-state index is 13.1. The van der Waals surface area contributed by atoms with Crippen molar-refractivity contribution >= 4 is 11.8 Å². The minimum Gasteiger partial charge on any atom is -0.326 e. The highest BCUT2D eigenvalue weighted by Crippen LogP contribution is 2.25. The zero-order valence-corrected chi connectivity index (χ0v) is 11.3. The van der Waals surface area contributed by atoms with Crippen molar-refractivity contribution in [2.75, 3.05) is 0 Å². The Morgan fingerprint density at radius 1 is 1.33 bits per heavy atom. The molecule has 0 aliphatic rings. The minimum atomic E-state index is -0.236. The molecule has 0 amide bonds. The van der Waals surface area contributed by atoms with E-state index < -0.39 is 0 Å². The Kier molecular flexibility index (Phi) is 4.04. The van der Waals surface area contributed by atoms with Crippen LogP contribution in [0.2, 0.25) is 0 Å². The van der Waals surface area contributed by atoms with Crippen molar-refractivity contribution in [3.8, 4) is 0 Å². The molecule has 1 aromatic heterocycles. The molecular formula is C13H16FN3S. The lowest BCUT2D eigenvalue weighted by Crippen LogP contribution is -2.02. The molecule has 0 spiro atoms. The average molecular weight is 265 g/mol. The van der Waals surface area contributed by atoms with E-state index in [4.69, 9.17) is 5.73 Å². The first kappa shape index (κ1) is 13.1. The van der Waals surface area contributed by atoms with Gasteiger partial charge >= 0.3 is 0 Å². The van der Waals surface area contributed by atoms with Crippen molar-refractivity contribution in [3.05, 3.63) is 46.9 Å². The normalized spacial score (nSPS) is 10.9. The summed E-state index contributed by atoms with van der Waals surface area (Å²) in [5.74, 6) is 0.534. The second-order valence-corrected chi connectivity index (χ2v) is 5.15. The number of nitrogens with zero attached hydrogens (tertiary/aromatic N) is 2. The maximum absolute atomic E-state index is 13.1. The van der Waals surface area contributed by atoms with Crippen molar-refractivity contribution < 1.29 is 4.39 Å². The molecule has 0 atom stereocenters. The Hall–Kier alpha value is -1.33. The zero-order valence-electron chi connectivity index (χ0n) is 10.5. The molecule has 1 aromatic carbocycles. The number of nitrogens with two attached hydrogens (primary N) is 1. The van der Waals surface area contributed by atoms with E-state index in [1.54, 1.807) is 17.8 Å². The molecule has 0 aliphatic heterocycles. The van der Waals surface area contributed by atoms with Gasteiger partial charge in [0.15, 0.2) is 0 Å². The summed E-state index contributed by atoms with van der Waals surface area (Å²) in [7, 11) is 1.92. The standard InChI is InChI=1S/C13H16FN3S/c1-9-5-13(17(2)16-9)18-8-10-3-4-12(14)6-11(10)7-15/h3-6H,7-8,15H2,1-2H3. The van der Waals surface area contributed by atoms with Gasteiger partial charge in [0.2, 0.25) is 0 Å². The van der Waals surface area contributed by atoms with Gasteiger partial charge in [0.25, 0.3) is 0 Å². The fraction of sp³-hybridized carbons (Fsp3) is 0.308. The Bertz CT molecular complexity index is 551. The lowest BCUT2D eigenvalue weighted by atomic mass is 10.1. The highest BCUT2D eigenvalue weighted by atomic mass is 32.2. The van der Waals surface area contributed by atoms with Gasteiger partial charge in [-0.25, -0.2) is 4.39 Å². The molecular weight excluding hydrogens is 249 g/mol. The fourth-order valence-electron chi connectivity index (χ4n) is 1.80. The molecule has 0 fully saturated rings. The van der Waals surface area contributed by atoms with Crippen LogP contribution in [0.15, 0.2) is 29.3 Å². The summed E-state index contributed by atoms with van der Waals surface area (Å²) in [6, 6.07) is 6.82. The molecule has 0 saturated heterocycles. The van der Waals surface area contributed by atoms with Crippen molar-refractivity contribution in [1.29, 1.82) is 0 Å². The van der Waals surface area contributed by atoms with Crippen LogP contribution in [0.3, 0.4) is 0 Å². The highest BCUT2D eigenvalue weighted by Gasteiger charge is 2.06. The summed E-state index contributed by atoms with van der Waals surface area (Å²) in [4.78, 5) is 0. The summed E-state index contributed by atoms with van der Waals surface area (Å²) in [5, 5.41) is 5.39. The van der Waals surface area contributed by atoms with E-state index in [0.29, 0.717) is 6.54 Å². The molecule has 0 aliphatic carbocycles. The van der Waals surface area contributed by atoms with Crippen LogP contribution in [-0.4, -0.2) is 9.78 Å². The Morgan fingerprint density at radius 3 is 2.72 bits per heavy atom. The van der Waals surface area contributed by atoms with Gasteiger partial charge in [-0.15, -0.1) is 11.8 Å². The summed E-state index contributed by atoms with van der Waals surface area (Å²) < 4.78 is 14.9. The van der Waals surface area contributed by atoms with Crippen LogP contribution in [0, 0.1) is 12.7 Å². The summed E-state index contributed by atoms with van der Waals surface area (Å²) in [6.07, 6.45) is 0. The number of thioether (sulfide) groups is 1. The third-order valence-electron chi connectivity index (χ3n) is 2.72. The molecule has 5 heteroatoms. The predicted molar refractivity (Wildman–Crippen MR) is 71.8 cm³/mol. The first-order valence-electron chi connectivity index (χ1n) is 5.71. The number of hydrogen-bond acceptors (Lipinski definition) is 3. The van der Waals surface area contributed by atoms with E-state index in [1.807, 2.05) is 24.7 Å². The van der Waals surface area contributed by atoms with E-state index >= 15 is 0 Å². The van der Waals surface area contributed by atoms with Gasteiger partial charge in [-0.2, -0.15) is 5.10 Å². The summed E-state index contributed by atoms with van der Waals surface area (Å²) in [6.45, 7) is 2.32. The predicted octanol–water partition coefficient (Wildman–Crippen LogP) is 2.62. The molecule has 2 aromatic rings. The molecule has 1 heterocycles. The lowest BCUT2D eigenvalue weighted by molar-refractivity contribution is 0.624. The molecule has 0 unspecified atom stereocenters. The van der Waals surface area contributed by atoms with E-state index in [-0.39, 0.29) is 5.82 Å². The Morgan fingerprint density at radius 2 is 2.11 bits per heavy atom. The van der Waals surface area contributed by atoms with Crippen molar-refractivity contribution in [1.82, 2.24) is 9.78 Å². The van der Waals surface area contributed by atoms with Gasteiger partial charge in [-0.05, 0) is 36.2 Å². The van der Waals surface area contributed by atoms with Gasteiger partial charge in [0.1, 0.15) is 5.82 Å². The SMILES string of the molecule is Cc1cc(SCc2ccc(F)cc2CN)n(C)n1. The first-order chi connectivity index (χ1) is 8.60. The lowest BCUT2D eigenvalue weighted by Gasteiger charge is -2.07. The van der Waals surface area contributed by atoms with E-state index in [9.17, 15) is 4.39 Å². The summed E-state index contributed by atoms with van der Waals surface area (Å²) >= 11 is 1.68. The summed E-state index contributed by atoms with van der Waals surface area (Å²) in [5.41, 5.74) is 8.56. The molecule has 3 nitrogen and oxygen atoms in total. The van der Waals surface area contributed by atoms with Crippen molar-refractivity contribution in [3.63, 3.8) is 0 Å². The number of rotatable bonds is 4. The first-order valence-corrected chi connectivity index (χ1v) is 6.69. The van der Waals surface area contributed by atoms with Gasteiger partial charge < -0.3 is 5.73 Å². The quantitative estimate of drug-likeness (QED) is 0.864. The van der Waals surface area contributed by atoms with Gasteiger partial charge in [-0.1, -0.05) is 6.07 Å². The molecule has 96 valence electrons. The Labute approximate surface area is 110 Å². The number of benzene rings is 1. The Balaban J connectivity index is 2.13. The van der Waals surface area contributed by atoms with Gasteiger partial charge in [0, 0.05) is 19.3 Å². The molecule has 0 bridgehead atoms. The van der Waals surface area contributed by atoms with E-state index in [1.165, 1.54) is 12.1 Å². The monoisotopic (exact) mass is 265 g/mol. The molecule has 2 N–H and O–H groups in total. The largest absolute Gasteiger partial charge is 0.326 e. The average Bonchev–Trinajstić information content (AvgIpc) is 2.66. The smallest absolute Gasteiger partial charge is 0.123 e. The van der Waals surface area contributed by atoms with Crippen LogP contribution in [0.5, 0.6) is 0 Å². The third-order valence-corrected chi connectivity index (χ3v) is 3.86. The second-order valence-electron chi connectivity index (χ2n) is 4.15. The number of halogens is 1. The van der Waals surface area contributed by atoms with Gasteiger partial charge in [-0.3, -0.25) is 4.68 Å². The van der Waals surface area contributed by atoms with Crippen LogP contribution in [0.1, 0.15) is 16.8 Å². The fourth-order valence-corrected chi connectivity index (χ4v) is 2.87. The van der Waals surface area contributed by atoms with Crippen LogP contribution in [0.4, 0.5) is 4.39 Å². The van der Waals surface area contributed by atoms with E-state index in [2.05, 4.69) is 5.10 Å². The molecule has 18 heavy (non-hydrogen) atoms. The molecule has 2 rings (SSSR count). The van der Waals surface area contributed by atoms with Gasteiger partial charge in [0.05, 0.1) is 10.7 Å². The number of hydrogen-bond donors (Lipinski definition) is 1. The van der Waals surface area contributed by atoms with Crippen molar-refractivity contribution in [2.24, 2.45) is 12.8 Å². The van der Waals surface area contributed by atoms with E-state index in [0.717, 1.165) is 27.6 Å². The zero-order chi connectivity index (χ0) is 13.1. The van der Waals surface area contributed by atoms with Crippen molar-refractivity contribution in [2.45, 2.75) is 24.2 Å². The maximum Gasteiger partial charge on any atom is 0.123 e. The highest BCUT2D eigenvalue weighted by molar-refractivity contribution is 7.98. The number of aryl methyl sites for hydroxylation is 2. The topological polar surface area (TPSA) is 43.8 Å². The van der Waals surface area contributed by atoms with Crippen LogP contribution >= 0.6 is 11.8 Å². The number of aromatic nitrogens is 2. The third kappa shape index (κ3) is 2.91. The van der Waals surface area contributed by atoms with Crippen LogP contribution < -0.4 is 5.73 Å². The van der Waals surface area contributed by atoms with Crippen LogP contribution in [0.25, 0.3) is 0 Å². The second kappa shape index (κ2) is 5.54. The van der Waals surface area contributed by atoms with Crippen LogP contribution in [-0.2, 0) is 19.3 Å². The molecule has 0 radical (unpaired) electrons. The molecule has 0 saturated carbocycles.